The summed E-state index contributed by atoms with van der Waals surface area (Å²) in [5.41, 5.74) is 2.47. The van der Waals surface area contributed by atoms with Gasteiger partial charge >= 0.3 is 5.97 Å². The van der Waals surface area contributed by atoms with Crippen molar-refractivity contribution in [3.05, 3.63) is 47.3 Å². The molecule has 1 aromatic carbocycles. The first-order chi connectivity index (χ1) is 12.1. The Labute approximate surface area is 150 Å². The predicted molar refractivity (Wildman–Crippen MR) is 95.8 cm³/mol. The molecule has 0 saturated carbocycles. The van der Waals surface area contributed by atoms with E-state index in [1.54, 1.807) is 11.8 Å². The van der Waals surface area contributed by atoms with Crippen molar-refractivity contribution in [2.24, 2.45) is 0 Å². The number of aryl methyl sites for hydroxylation is 2. The van der Waals surface area contributed by atoms with E-state index in [1.807, 2.05) is 46.2 Å². The van der Waals surface area contributed by atoms with E-state index in [9.17, 15) is 9.59 Å². The van der Waals surface area contributed by atoms with Crippen molar-refractivity contribution in [3.8, 4) is 0 Å². The molecule has 25 heavy (non-hydrogen) atoms. The largest absolute Gasteiger partial charge is 0.481 e. The van der Waals surface area contributed by atoms with Gasteiger partial charge in [0.2, 0.25) is 0 Å². The van der Waals surface area contributed by atoms with Gasteiger partial charge in [0, 0.05) is 24.4 Å². The first-order valence-corrected chi connectivity index (χ1v) is 9.50. The van der Waals surface area contributed by atoms with Crippen molar-refractivity contribution in [1.29, 1.82) is 0 Å². The van der Waals surface area contributed by atoms with Crippen LogP contribution in [0.3, 0.4) is 0 Å². The minimum Gasteiger partial charge on any atom is -0.481 e. The number of aromatic nitrogens is 2. The quantitative estimate of drug-likeness (QED) is 0.831. The zero-order valence-corrected chi connectivity index (χ0v) is 15.0. The van der Waals surface area contributed by atoms with Crippen LogP contribution in [0.2, 0.25) is 0 Å². The Hall–Kier alpha value is -2.28. The molecule has 2 aromatic rings. The number of hydrogen-bond acceptors (Lipinski definition) is 4. The van der Waals surface area contributed by atoms with Crippen LogP contribution in [0.15, 0.2) is 35.2 Å². The van der Waals surface area contributed by atoms with Crippen LogP contribution in [0.1, 0.15) is 34.6 Å². The van der Waals surface area contributed by atoms with Crippen LogP contribution in [-0.4, -0.2) is 44.5 Å². The molecule has 0 radical (unpaired) electrons. The van der Waals surface area contributed by atoms with Crippen LogP contribution in [-0.2, 0) is 24.3 Å². The van der Waals surface area contributed by atoms with E-state index in [0.717, 1.165) is 34.8 Å². The third-order valence-electron chi connectivity index (χ3n) is 4.28. The van der Waals surface area contributed by atoms with E-state index < -0.39 is 5.97 Å². The fourth-order valence-corrected chi connectivity index (χ4v) is 3.63. The van der Waals surface area contributed by atoms with Gasteiger partial charge in [0.1, 0.15) is 0 Å². The van der Waals surface area contributed by atoms with Gasteiger partial charge in [0.05, 0.1) is 29.9 Å². The normalized spacial score (nSPS) is 14.0. The van der Waals surface area contributed by atoms with E-state index in [0.29, 0.717) is 19.5 Å². The van der Waals surface area contributed by atoms with Crippen molar-refractivity contribution in [1.82, 2.24) is 14.7 Å². The Bertz CT molecular complexity index is 788. The summed E-state index contributed by atoms with van der Waals surface area (Å²) in [6.07, 6.45) is 3.29. The number of amides is 1. The highest BCUT2D eigenvalue weighted by atomic mass is 32.2. The van der Waals surface area contributed by atoms with Crippen LogP contribution in [0, 0.1) is 0 Å². The average Bonchev–Trinajstić information content (AvgIpc) is 2.89. The Morgan fingerprint density at radius 2 is 2.08 bits per heavy atom. The lowest BCUT2D eigenvalue weighted by Crippen LogP contribution is -2.31. The Morgan fingerprint density at radius 1 is 1.28 bits per heavy atom. The number of aliphatic carboxylic acids is 1. The predicted octanol–water partition coefficient (Wildman–Crippen LogP) is 2.67. The minimum atomic E-state index is -0.825. The van der Waals surface area contributed by atoms with E-state index in [-0.39, 0.29) is 12.3 Å². The zero-order valence-electron chi connectivity index (χ0n) is 14.1. The highest BCUT2D eigenvalue weighted by Crippen LogP contribution is 2.23. The molecule has 7 heteroatoms. The number of carboxylic acids is 1. The molecule has 2 heterocycles. The fraction of sp³-hybridized carbons (Fsp3) is 0.389. The number of nitrogens with zero attached hydrogens (tertiary/aromatic N) is 3. The number of fused-ring (bicyclic) bond motifs is 1. The van der Waals surface area contributed by atoms with Gasteiger partial charge in [-0.05, 0) is 30.9 Å². The first-order valence-electron chi connectivity index (χ1n) is 8.28. The van der Waals surface area contributed by atoms with E-state index in [1.165, 1.54) is 0 Å². The third kappa shape index (κ3) is 4.04. The molecule has 132 valence electrons. The fourth-order valence-electron chi connectivity index (χ4n) is 3.04. The highest BCUT2D eigenvalue weighted by Gasteiger charge is 2.23. The van der Waals surface area contributed by atoms with Gasteiger partial charge in [-0.1, -0.05) is 12.1 Å². The van der Waals surface area contributed by atoms with Gasteiger partial charge in [0.25, 0.3) is 5.91 Å². The van der Waals surface area contributed by atoms with E-state index in [2.05, 4.69) is 5.10 Å². The van der Waals surface area contributed by atoms with Gasteiger partial charge in [-0.2, -0.15) is 5.10 Å². The van der Waals surface area contributed by atoms with Crippen molar-refractivity contribution >= 4 is 23.6 Å². The van der Waals surface area contributed by atoms with Crippen LogP contribution < -0.4 is 0 Å². The van der Waals surface area contributed by atoms with Crippen molar-refractivity contribution in [2.45, 2.75) is 37.2 Å². The van der Waals surface area contributed by atoms with Crippen molar-refractivity contribution < 1.29 is 14.7 Å². The molecule has 0 spiro atoms. The van der Waals surface area contributed by atoms with Crippen molar-refractivity contribution in [3.63, 3.8) is 0 Å². The molecule has 0 aliphatic carbocycles. The van der Waals surface area contributed by atoms with Gasteiger partial charge in [-0.15, -0.1) is 11.8 Å². The molecule has 1 N–H and O–H groups in total. The molecule has 0 unspecified atom stereocenters. The topological polar surface area (TPSA) is 75.4 Å². The molecular formula is C18H21N3O3S. The summed E-state index contributed by atoms with van der Waals surface area (Å²) in [6.45, 7) is 1.94. The molecule has 6 nitrogen and oxygen atoms in total. The maximum absolute atomic E-state index is 13.0. The number of carbonyl (C=O) groups excluding carboxylic acids is 1. The summed E-state index contributed by atoms with van der Waals surface area (Å²) in [5, 5.41) is 13.3. The van der Waals surface area contributed by atoms with E-state index >= 15 is 0 Å². The maximum Gasteiger partial charge on any atom is 0.303 e. The summed E-state index contributed by atoms with van der Waals surface area (Å²) in [6, 6.07) is 9.58. The Kier molecular flexibility index (Phi) is 5.43. The molecule has 1 amide bonds. The molecule has 1 aromatic heterocycles. The Morgan fingerprint density at radius 3 is 2.84 bits per heavy atom. The summed E-state index contributed by atoms with van der Waals surface area (Å²) in [5.74, 6) is -0.791. The second kappa shape index (κ2) is 7.74. The number of thioether (sulfide) groups is 1. The average molecular weight is 359 g/mol. The number of carbonyl (C=O) groups is 2. The number of rotatable bonds is 5. The lowest BCUT2D eigenvalue weighted by molar-refractivity contribution is -0.136. The van der Waals surface area contributed by atoms with Gasteiger partial charge in [-0.25, -0.2) is 0 Å². The molecule has 0 fully saturated rings. The molecule has 3 rings (SSSR count). The highest BCUT2D eigenvalue weighted by molar-refractivity contribution is 7.98. The lowest BCUT2D eigenvalue weighted by atomic mass is 10.2. The summed E-state index contributed by atoms with van der Waals surface area (Å²) in [4.78, 5) is 26.5. The number of hydrogen-bond donors (Lipinski definition) is 1. The molecule has 0 bridgehead atoms. The third-order valence-corrected chi connectivity index (χ3v) is 5.08. The summed E-state index contributed by atoms with van der Waals surface area (Å²) < 4.78 is 1.91. The number of benzene rings is 1. The second-order valence-corrected chi connectivity index (χ2v) is 6.87. The smallest absolute Gasteiger partial charge is 0.303 e. The standard InChI is InChI=1S/C18H21N3O3S/c1-25-16-6-3-2-5-15(16)18(24)20-9-4-10-21-14(12-20)11-13(19-21)7-8-17(22)23/h2-3,5-6,11H,4,7-10,12H2,1H3,(H,22,23). The lowest BCUT2D eigenvalue weighted by Gasteiger charge is -2.21. The number of carboxylic acid groups (broad SMARTS) is 1. The molecule has 1 aliphatic heterocycles. The minimum absolute atomic E-state index is 0.0340. The van der Waals surface area contributed by atoms with Crippen LogP contribution in [0.4, 0.5) is 0 Å². The van der Waals surface area contributed by atoms with Gasteiger partial charge < -0.3 is 10.0 Å². The molecule has 0 atom stereocenters. The van der Waals surface area contributed by atoms with Gasteiger partial charge in [-0.3, -0.25) is 14.3 Å². The zero-order chi connectivity index (χ0) is 17.8. The first kappa shape index (κ1) is 17.5. The molecule has 0 saturated heterocycles. The van der Waals surface area contributed by atoms with Crippen LogP contribution >= 0.6 is 11.8 Å². The summed E-state index contributed by atoms with van der Waals surface area (Å²) >= 11 is 1.57. The monoisotopic (exact) mass is 359 g/mol. The summed E-state index contributed by atoms with van der Waals surface area (Å²) in [7, 11) is 0. The van der Waals surface area contributed by atoms with Crippen molar-refractivity contribution in [2.75, 3.05) is 12.8 Å². The molecular weight excluding hydrogens is 338 g/mol. The van der Waals surface area contributed by atoms with Crippen LogP contribution in [0.5, 0.6) is 0 Å². The van der Waals surface area contributed by atoms with E-state index in [4.69, 9.17) is 5.11 Å². The Balaban J connectivity index is 1.79. The van der Waals surface area contributed by atoms with Crippen LogP contribution in [0.25, 0.3) is 0 Å². The SMILES string of the molecule is CSc1ccccc1C(=O)N1CCCn2nc(CCC(=O)O)cc2C1. The van der Waals surface area contributed by atoms with Gasteiger partial charge in [0.15, 0.2) is 0 Å². The maximum atomic E-state index is 13.0. The molecule has 1 aliphatic rings. The second-order valence-electron chi connectivity index (χ2n) is 6.02.